The number of amides is 1. The smallest absolute Gasteiger partial charge is 0.325 e. The highest BCUT2D eigenvalue weighted by Crippen LogP contribution is 2.17. The number of hydrogen-bond acceptors (Lipinski definition) is 4. The lowest BCUT2D eigenvalue weighted by atomic mass is 10.2. The van der Waals surface area contributed by atoms with Crippen LogP contribution in [0.4, 0.5) is 0 Å². The molecule has 6 nitrogen and oxygen atoms in total. The second-order valence-corrected chi connectivity index (χ2v) is 6.07. The van der Waals surface area contributed by atoms with Gasteiger partial charge in [-0.3, -0.25) is 9.59 Å². The zero-order valence-corrected chi connectivity index (χ0v) is 15.0. The highest BCUT2D eigenvalue weighted by Gasteiger charge is 2.14. The van der Waals surface area contributed by atoms with Gasteiger partial charge in [0.15, 0.2) is 0 Å². The number of aromatic nitrogens is 2. The van der Waals surface area contributed by atoms with Crippen molar-refractivity contribution in [2.24, 2.45) is 0 Å². The standard InChI is InChI=1S/C19H18ClN3O3/c1-26-18(24)12-23-16-9-5-4-8-15(16)22-17(23)10-11-21-19(25)13-6-2-3-7-14(13)20/h2-9H,10-12H2,1H3,(H,21,25). The van der Waals surface area contributed by atoms with Crippen LogP contribution in [0.5, 0.6) is 0 Å². The number of carbonyl (C=O) groups is 2. The third-order valence-electron chi connectivity index (χ3n) is 4.00. The Morgan fingerprint density at radius 3 is 2.65 bits per heavy atom. The number of methoxy groups -OCH3 is 1. The van der Waals surface area contributed by atoms with E-state index in [1.165, 1.54) is 7.11 Å². The van der Waals surface area contributed by atoms with Crippen LogP contribution in [-0.2, 0) is 22.5 Å². The number of ether oxygens (including phenoxy) is 1. The van der Waals surface area contributed by atoms with Crippen molar-refractivity contribution in [3.05, 3.63) is 64.9 Å². The summed E-state index contributed by atoms with van der Waals surface area (Å²) in [5, 5.41) is 3.24. The molecule has 0 unspecified atom stereocenters. The first-order chi connectivity index (χ1) is 12.6. The number of nitrogens with zero attached hydrogens (tertiary/aromatic N) is 2. The first-order valence-corrected chi connectivity index (χ1v) is 8.51. The van der Waals surface area contributed by atoms with Crippen molar-refractivity contribution in [1.82, 2.24) is 14.9 Å². The summed E-state index contributed by atoms with van der Waals surface area (Å²) in [5.41, 5.74) is 2.08. The molecule has 0 atom stereocenters. The molecular weight excluding hydrogens is 354 g/mol. The Morgan fingerprint density at radius 2 is 1.88 bits per heavy atom. The van der Waals surface area contributed by atoms with Gasteiger partial charge in [0.2, 0.25) is 0 Å². The summed E-state index contributed by atoms with van der Waals surface area (Å²) in [6, 6.07) is 14.4. The molecule has 0 fully saturated rings. The van der Waals surface area contributed by atoms with E-state index in [1.807, 2.05) is 28.8 Å². The number of nitrogens with one attached hydrogen (secondary N) is 1. The van der Waals surface area contributed by atoms with Crippen LogP contribution in [-0.4, -0.2) is 35.1 Å². The molecule has 0 aliphatic rings. The average molecular weight is 372 g/mol. The molecular formula is C19H18ClN3O3. The van der Waals surface area contributed by atoms with E-state index in [9.17, 15) is 9.59 Å². The summed E-state index contributed by atoms with van der Waals surface area (Å²) in [6.07, 6.45) is 0.474. The molecule has 0 saturated heterocycles. The van der Waals surface area contributed by atoms with E-state index < -0.39 is 0 Å². The van der Waals surface area contributed by atoms with Crippen molar-refractivity contribution in [3.63, 3.8) is 0 Å². The fourth-order valence-electron chi connectivity index (χ4n) is 2.71. The zero-order chi connectivity index (χ0) is 18.5. The van der Waals surface area contributed by atoms with Gasteiger partial charge < -0.3 is 14.6 Å². The monoisotopic (exact) mass is 371 g/mol. The summed E-state index contributed by atoms with van der Waals surface area (Å²) in [4.78, 5) is 28.5. The number of carbonyl (C=O) groups excluding carboxylic acids is 2. The van der Waals surface area contributed by atoms with Gasteiger partial charge in [0.25, 0.3) is 5.91 Å². The molecule has 3 rings (SSSR count). The normalized spacial score (nSPS) is 10.7. The second-order valence-electron chi connectivity index (χ2n) is 5.66. The first-order valence-electron chi connectivity index (χ1n) is 8.14. The Balaban J connectivity index is 1.74. The van der Waals surface area contributed by atoms with Crippen molar-refractivity contribution < 1.29 is 14.3 Å². The number of esters is 1. The maximum absolute atomic E-state index is 12.2. The molecule has 7 heteroatoms. The Hall–Kier alpha value is -2.86. The van der Waals surface area contributed by atoms with E-state index in [-0.39, 0.29) is 18.4 Å². The summed E-state index contributed by atoms with van der Waals surface area (Å²) >= 11 is 6.04. The van der Waals surface area contributed by atoms with Crippen molar-refractivity contribution in [3.8, 4) is 0 Å². The lowest BCUT2D eigenvalue weighted by molar-refractivity contribution is -0.141. The molecule has 0 radical (unpaired) electrons. The fourth-order valence-corrected chi connectivity index (χ4v) is 2.94. The molecule has 3 aromatic rings. The van der Waals surface area contributed by atoms with E-state index in [0.29, 0.717) is 29.4 Å². The Bertz CT molecular complexity index is 952. The quantitative estimate of drug-likeness (QED) is 0.676. The van der Waals surface area contributed by atoms with E-state index in [4.69, 9.17) is 16.3 Å². The van der Waals surface area contributed by atoms with Crippen molar-refractivity contribution in [2.45, 2.75) is 13.0 Å². The van der Waals surface area contributed by atoms with Crippen LogP contribution in [0, 0.1) is 0 Å². The summed E-state index contributed by atoms with van der Waals surface area (Å²) < 4.78 is 6.58. The molecule has 0 spiro atoms. The van der Waals surface area contributed by atoms with Gasteiger partial charge in [0.05, 0.1) is 28.7 Å². The van der Waals surface area contributed by atoms with Crippen LogP contribution in [0.25, 0.3) is 11.0 Å². The van der Waals surface area contributed by atoms with Crippen molar-refractivity contribution in [1.29, 1.82) is 0 Å². The third-order valence-corrected chi connectivity index (χ3v) is 4.33. The van der Waals surface area contributed by atoms with Crippen LogP contribution in [0.15, 0.2) is 48.5 Å². The molecule has 1 aromatic heterocycles. The molecule has 2 aromatic carbocycles. The van der Waals surface area contributed by atoms with Gasteiger partial charge >= 0.3 is 5.97 Å². The number of hydrogen-bond donors (Lipinski definition) is 1. The van der Waals surface area contributed by atoms with Gasteiger partial charge in [-0.1, -0.05) is 35.9 Å². The van der Waals surface area contributed by atoms with Crippen LogP contribution in [0.3, 0.4) is 0 Å². The highest BCUT2D eigenvalue weighted by molar-refractivity contribution is 6.33. The average Bonchev–Trinajstić information content (AvgIpc) is 2.99. The molecule has 1 heterocycles. The number of fused-ring (bicyclic) bond motifs is 1. The maximum Gasteiger partial charge on any atom is 0.325 e. The van der Waals surface area contributed by atoms with E-state index in [2.05, 4.69) is 10.3 Å². The van der Waals surface area contributed by atoms with Gasteiger partial charge in [-0.15, -0.1) is 0 Å². The Morgan fingerprint density at radius 1 is 1.15 bits per heavy atom. The summed E-state index contributed by atoms with van der Waals surface area (Å²) in [7, 11) is 1.35. The molecule has 0 bridgehead atoms. The Labute approximate surface area is 155 Å². The van der Waals surface area contributed by atoms with Gasteiger partial charge in [-0.2, -0.15) is 0 Å². The molecule has 134 valence electrons. The minimum absolute atomic E-state index is 0.0742. The van der Waals surface area contributed by atoms with Crippen molar-refractivity contribution in [2.75, 3.05) is 13.7 Å². The van der Waals surface area contributed by atoms with Gasteiger partial charge in [-0.25, -0.2) is 4.98 Å². The fraction of sp³-hybridized carbons (Fsp3) is 0.211. The number of para-hydroxylation sites is 2. The minimum Gasteiger partial charge on any atom is -0.468 e. The number of imidazole rings is 1. The predicted molar refractivity (Wildman–Crippen MR) is 99.2 cm³/mol. The summed E-state index contributed by atoms with van der Waals surface area (Å²) in [5.74, 6) is 0.108. The maximum atomic E-state index is 12.2. The highest BCUT2D eigenvalue weighted by atomic mass is 35.5. The van der Waals surface area contributed by atoms with E-state index in [0.717, 1.165) is 11.0 Å². The second kappa shape index (κ2) is 8.01. The first kappa shape index (κ1) is 17.9. The molecule has 0 saturated carbocycles. The van der Waals surface area contributed by atoms with Gasteiger partial charge in [-0.05, 0) is 24.3 Å². The number of rotatable bonds is 6. The van der Waals surface area contributed by atoms with Crippen LogP contribution in [0.2, 0.25) is 5.02 Å². The molecule has 1 N–H and O–H groups in total. The molecule has 0 aliphatic carbocycles. The van der Waals surface area contributed by atoms with Gasteiger partial charge in [0.1, 0.15) is 12.4 Å². The predicted octanol–water partition coefficient (Wildman–Crippen LogP) is 2.84. The Kier molecular flexibility index (Phi) is 5.53. The zero-order valence-electron chi connectivity index (χ0n) is 14.2. The van der Waals surface area contributed by atoms with Crippen LogP contribution >= 0.6 is 11.6 Å². The molecule has 1 amide bonds. The lowest BCUT2D eigenvalue weighted by Crippen LogP contribution is -2.27. The van der Waals surface area contributed by atoms with Gasteiger partial charge in [0, 0.05) is 13.0 Å². The molecule has 0 aliphatic heterocycles. The van der Waals surface area contributed by atoms with E-state index in [1.54, 1.807) is 24.3 Å². The SMILES string of the molecule is COC(=O)Cn1c(CCNC(=O)c2ccccc2Cl)nc2ccccc21. The topological polar surface area (TPSA) is 73.2 Å². The minimum atomic E-state index is -0.352. The third kappa shape index (κ3) is 3.86. The molecule has 26 heavy (non-hydrogen) atoms. The van der Waals surface area contributed by atoms with Crippen LogP contribution < -0.4 is 5.32 Å². The number of halogens is 1. The van der Waals surface area contributed by atoms with E-state index >= 15 is 0 Å². The largest absolute Gasteiger partial charge is 0.468 e. The van der Waals surface area contributed by atoms with Crippen LogP contribution in [0.1, 0.15) is 16.2 Å². The summed E-state index contributed by atoms with van der Waals surface area (Å²) in [6.45, 7) is 0.444. The number of benzene rings is 2. The van der Waals surface area contributed by atoms with Crippen molar-refractivity contribution >= 4 is 34.5 Å². The lowest BCUT2D eigenvalue weighted by Gasteiger charge is -2.09.